The number of rotatable bonds is 6. The maximum atomic E-state index is 11.8. The van der Waals surface area contributed by atoms with Crippen molar-refractivity contribution in [2.24, 2.45) is 0 Å². The van der Waals surface area contributed by atoms with Gasteiger partial charge in [0.25, 0.3) is 5.56 Å². The van der Waals surface area contributed by atoms with E-state index in [-0.39, 0.29) is 42.0 Å². The molecule has 30 heavy (non-hydrogen) atoms. The molecule has 0 amide bonds. The number of anilines is 1. The number of fused-ring (bicyclic) bond motifs is 1. The Kier molecular flexibility index (Phi) is 9.45. The first-order valence-electron chi connectivity index (χ1n) is 7.52. The number of aliphatic hydroxyl groups excluding tert-OH is 1. The summed E-state index contributed by atoms with van der Waals surface area (Å²) in [6, 6.07) is 0. The number of ether oxygens (including phenoxy) is 1. The molecule has 0 spiro atoms. The number of hydrogen-bond donors (Lipinski definition) is 9. The van der Waals surface area contributed by atoms with Crippen molar-refractivity contribution in [1.82, 2.24) is 38.0 Å². The van der Waals surface area contributed by atoms with Gasteiger partial charge in [0.05, 0.1) is 19.0 Å². The van der Waals surface area contributed by atoms with E-state index in [0.29, 0.717) is 0 Å². The molecule has 3 heterocycles. The quantitative estimate of drug-likeness (QED) is 0.230. The number of nitrogens with zero attached hydrogens (tertiary/aromatic N) is 3. The Balaban J connectivity index is 0.00000280. The van der Waals surface area contributed by atoms with Gasteiger partial charge in [0.2, 0.25) is 5.95 Å². The summed E-state index contributed by atoms with van der Waals surface area (Å²) in [5.41, 5.74) is 5.11. The van der Waals surface area contributed by atoms with Gasteiger partial charge in [-0.2, -0.15) is 4.98 Å². The zero-order valence-electron chi connectivity index (χ0n) is 15.7. The lowest BCUT2D eigenvalue weighted by Crippen LogP contribution is -2.26. The van der Waals surface area contributed by atoms with Gasteiger partial charge in [0, 0.05) is 6.42 Å². The van der Waals surface area contributed by atoms with E-state index in [2.05, 4.69) is 19.5 Å². The monoisotopic (exact) mass is 476 g/mol. The maximum absolute atomic E-state index is 11.8. The van der Waals surface area contributed by atoms with Gasteiger partial charge in [-0.1, -0.05) is 0 Å². The van der Waals surface area contributed by atoms with Crippen LogP contribution < -0.4 is 29.7 Å². The minimum Gasteiger partial charge on any atom is -0.390 e. The van der Waals surface area contributed by atoms with Gasteiger partial charge in [-0.25, -0.2) is 4.98 Å². The summed E-state index contributed by atoms with van der Waals surface area (Å²) < 4.78 is 34.1. The van der Waals surface area contributed by atoms with Crippen molar-refractivity contribution in [3.8, 4) is 0 Å². The number of aliphatic hydroxyl groups is 1. The predicted octanol–water partition coefficient (Wildman–Crippen LogP) is -0.827. The van der Waals surface area contributed by atoms with Gasteiger partial charge in [0.1, 0.15) is 12.3 Å². The third-order valence-electron chi connectivity index (χ3n) is 3.77. The maximum Gasteiger partial charge on any atom is 0.340 e. The first-order chi connectivity index (χ1) is 12.5. The predicted molar refractivity (Wildman–Crippen MR) is 105 cm³/mol. The largest absolute Gasteiger partial charge is 0.390 e. The topological polar surface area (TPSA) is 328 Å². The molecule has 0 radical (unpaired) electrons. The summed E-state index contributed by atoms with van der Waals surface area (Å²) in [6.45, 7) is -0.575. The lowest BCUT2D eigenvalue weighted by Gasteiger charge is -2.18. The molecule has 2 aromatic rings. The molecule has 0 aromatic carbocycles. The summed E-state index contributed by atoms with van der Waals surface area (Å²) in [6.07, 6.45) is -1.67. The van der Waals surface area contributed by atoms with Crippen LogP contribution in [0.15, 0.2) is 11.1 Å². The molecule has 17 nitrogen and oxygen atoms in total. The van der Waals surface area contributed by atoms with Crippen LogP contribution in [-0.4, -0.2) is 64.0 Å². The van der Waals surface area contributed by atoms with Gasteiger partial charge in [0.15, 0.2) is 17.1 Å². The standard InChI is InChI=1S/C11H17N5O9P2.3H3N/c12-11-14-9-8(10(18)15-11)13-3-16(9)7-1-5(17)6(25-7)2-24-27(22,23)4-26(19,20)21;;;/h3,5-7,17H,1-2,4H2,(H,22,23)(H2,19,20,21)(H3,12,14,15,18);3*1H3/t5-,6+,7+;;;/m0.../s1. The number of nitrogens with one attached hydrogen (secondary N) is 1. The fraction of sp³-hybridized carbons (Fsp3) is 0.545. The van der Waals surface area contributed by atoms with Crippen molar-refractivity contribution in [3.05, 3.63) is 16.7 Å². The smallest absolute Gasteiger partial charge is 0.340 e. The van der Waals surface area contributed by atoms with Crippen LogP contribution in [0.25, 0.3) is 11.2 Å². The van der Waals surface area contributed by atoms with Crippen molar-refractivity contribution < 1.29 is 38.2 Å². The van der Waals surface area contributed by atoms with Crippen molar-refractivity contribution in [1.29, 1.82) is 0 Å². The van der Waals surface area contributed by atoms with E-state index in [1.165, 1.54) is 10.9 Å². The van der Waals surface area contributed by atoms with E-state index in [4.69, 9.17) is 20.3 Å². The van der Waals surface area contributed by atoms with Crippen molar-refractivity contribution in [2.75, 3.05) is 18.2 Å². The normalized spacial score (nSPS) is 23.1. The molecule has 174 valence electrons. The minimum atomic E-state index is -4.76. The fourth-order valence-corrected chi connectivity index (χ4v) is 5.22. The van der Waals surface area contributed by atoms with Crippen LogP contribution in [-0.2, 0) is 18.4 Å². The molecule has 1 aliphatic rings. The molecule has 3 rings (SSSR count). The second-order valence-electron chi connectivity index (χ2n) is 5.95. The minimum absolute atomic E-state index is 0. The first-order valence-corrected chi connectivity index (χ1v) is 11.1. The molecule has 1 unspecified atom stereocenters. The van der Waals surface area contributed by atoms with Crippen LogP contribution in [0, 0.1) is 0 Å². The van der Waals surface area contributed by atoms with Gasteiger partial charge < -0.3 is 53.2 Å². The lowest BCUT2D eigenvalue weighted by atomic mass is 10.2. The zero-order chi connectivity index (χ0) is 20.0. The number of imidazole rings is 1. The molecular formula is C11H26N8O9P2. The Hall–Kier alpha value is -1.75. The SMILES string of the molecule is N.N.N.Nc1nc2c(ncn2[C@H]2C[C@H](O)[C@@H](COP(=O)(O)CP(=O)(O)O)O2)c(=O)[nH]1. The molecule has 16 N–H and O–H groups in total. The van der Waals surface area contributed by atoms with Gasteiger partial charge in [-0.05, 0) is 0 Å². The Bertz CT molecular complexity index is 1010. The van der Waals surface area contributed by atoms with Crippen LogP contribution in [0.4, 0.5) is 5.95 Å². The highest BCUT2D eigenvalue weighted by Crippen LogP contribution is 2.55. The summed E-state index contributed by atoms with van der Waals surface area (Å²) in [5, 5.41) is 10.1. The summed E-state index contributed by atoms with van der Waals surface area (Å²) in [7, 11) is -9.33. The third kappa shape index (κ3) is 6.37. The third-order valence-corrected chi connectivity index (χ3v) is 7.22. The highest BCUT2D eigenvalue weighted by Gasteiger charge is 2.39. The van der Waals surface area contributed by atoms with Crippen LogP contribution >= 0.6 is 15.2 Å². The molecule has 0 aliphatic carbocycles. The lowest BCUT2D eigenvalue weighted by molar-refractivity contribution is -0.0395. The Morgan fingerprint density at radius 3 is 2.53 bits per heavy atom. The summed E-state index contributed by atoms with van der Waals surface area (Å²) in [4.78, 5) is 49.0. The molecule has 0 saturated carbocycles. The van der Waals surface area contributed by atoms with E-state index in [9.17, 15) is 23.9 Å². The van der Waals surface area contributed by atoms with Crippen LogP contribution in [0.3, 0.4) is 0 Å². The fourth-order valence-electron chi connectivity index (χ4n) is 2.65. The van der Waals surface area contributed by atoms with Crippen molar-refractivity contribution in [3.63, 3.8) is 0 Å². The second kappa shape index (κ2) is 10.0. The average Bonchev–Trinajstić information content (AvgIpc) is 3.06. The van der Waals surface area contributed by atoms with E-state index < -0.39 is 51.7 Å². The molecule has 4 atom stereocenters. The molecule has 2 aromatic heterocycles. The number of nitrogen functional groups attached to an aromatic ring is 1. The number of nitrogens with two attached hydrogens (primary N) is 1. The number of hydrogen-bond acceptors (Lipinski definition) is 12. The van der Waals surface area contributed by atoms with E-state index in [1.807, 2.05) is 0 Å². The molecule has 19 heteroatoms. The number of aromatic amines is 1. The molecule has 1 fully saturated rings. The Morgan fingerprint density at radius 1 is 1.30 bits per heavy atom. The van der Waals surface area contributed by atoms with E-state index in [0.717, 1.165) is 0 Å². The Labute approximate surface area is 169 Å². The number of H-pyrrole nitrogens is 1. The first kappa shape index (κ1) is 28.2. The van der Waals surface area contributed by atoms with Crippen molar-refractivity contribution >= 4 is 32.3 Å². The summed E-state index contributed by atoms with van der Waals surface area (Å²) in [5.74, 6) is -1.48. The van der Waals surface area contributed by atoms with Gasteiger partial charge in [-0.3, -0.25) is 23.5 Å². The van der Waals surface area contributed by atoms with Gasteiger partial charge in [-0.15, -0.1) is 0 Å². The van der Waals surface area contributed by atoms with Crippen LogP contribution in [0.2, 0.25) is 0 Å². The molecule has 0 bridgehead atoms. The summed E-state index contributed by atoms with van der Waals surface area (Å²) >= 11 is 0. The molecular weight excluding hydrogens is 450 g/mol. The Morgan fingerprint density at radius 2 is 1.93 bits per heavy atom. The van der Waals surface area contributed by atoms with Crippen LogP contribution in [0.5, 0.6) is 0 Å². The number of aromatic nitrogens is 4. The van der Waals surface area contributed by atoms with Crippen LogP contribution in [0.1, 0.15) is 12.6 Å². The average molecular weight is 476 g/mol. The van der Waals surface area contributed by atoms with Crippen molar-refractivity contribution in [2.45, 2.75) is 24.9 Å². The zero-order valence-corrected chi connectivity index (χ0v) is 17.5. The van der Waals surface area contributed by atoms with Gasteiger partial charge >= 0.3 is 15.2 Å². The molecule has 1 saturated heterocycles. The highest BCUT2D eigenvalue weighted by atomic mass is 31.2. The molecule has 1 aliphatic heterocycles. The highest BCUT2D eigenvalue weighted by molar-refractivity contribution is 7.70. The van der Waals surface area contributed by atoms with E-state index >= 15 is 0 Å². The van der Waals surface area contributed by atoms with E-state index in [1.54, 1.807) is 0 Å². The second-order valence-corrected chi connectivity index (χ2v) is 9.94.